The number of benzene rings is 2. The van der Waals surface area contributed by atoms with Crippen LogP contribution in [0.2, 0.25) is 0 Å². The van der Waals surface area contributed by atoms with Crippen LogP contribution in [-0.4, -0.2) is 16.6 Å². The van der Waals surface area contributed by atoms with Crippen molar-refractivity contribution in [3.8, 4) is 5.75 Å². The molecular weight excluding hydrogens is 284 g/mol. The molecule has 1 aliphatic rings. The Kier molecular flexibility index (Phi) is 3.62. The van der Waals surface area contributed by atoms with E-state index in [0.29, 0.717) is 5.75 Å². The normalized spacial score (nSPS) is 17.2. The number of nitrogens with one attached hydrogen (secondary N) is 2. The van der Waals surface area contributed by atoms with E-state index in [4.69, 9.17) is 0 Å². The molecule has 108 valence electrons. The van der Waals surface area contributed by atoms with Crippen LogP contribution >= 0.6 is 12.4 Å². The van der Waals surface area contributed by atoms with Crippen LogP contribution in [0.1, 0.15) is 22.9 Å². The molecule has 3 aromatic rings. The fourth-order valence-electron chi connectivity index (χ4n) is 3.13. The van der Waals surface area contributed by atoms with Gasteiger partial charge in [0.15, 0.2) is 0 Å². The lowest BCUT2D eigenvalue weighted by molar-refractivity contribution is 0.474. The van der Waals surface area contributed by atoms with Gasteiger partial charge in [-0.1, -0.05) is 30.3 Å². The highest BCUT2D eigenvalue weighted by atomic mass is 35.5. The molecule has 0 saturated heterocycles. The number of aromatic nitrogens is 1. The molecule has 0 spiro atoms. The van der Waals surface area contributed by atoms with Gasteiger partial charge in [0, 0.05) is 23.1 Å². The second kappa shape index (κ2) is 5.43. The van der Waals surface area contributed by atoms with Crippen molar-refractivity contribution >= 4 is 23.3 Å². The van der Waals surface area contributed by atoms with Gasteiger partial charge < -0.3 is 15.4 Å². The van der Waals surface area contributed by atoms with E-state index in [1.807, 2.05) is 12.1 Å². The minimum absolute atomic E-state index is 0. The summed E-state index contributed by atoms with van der Waals surface area (Å²) in [7, 11) is 0. The first kappa shape index (κ1) is 14.0. The first-order valence-electron chi connectivity index (χ1n) is 6.95. The quantitative estimate of drug-likeness (QED) is 0.644. The van der Waals surface area contributed by atoms with Crippen LogP contribution in [0.4, 0.5) is 0 Å². The molecule has 1 unspecified atom stereocenters. The van der Waals surface area contributed by atoms with E-state index < -0.39 is 0 Å². The van der Waals surface area contributed by atoms with E-state index in [0.717, 1.165) is 13.0 Å². The van der Waals surface area contributed by atoms with Crippen LogP contribution in [0.5, 0.6) is 5.75 Å². The molecule has 1 aliphatic heterocycles. The lowest BCUT2D eigenvalue weighted by Crippen LogP contribution is -2.30. The van der Waals surface area contributed by atoms with Crippen molar-refractivity contribution in [2.45, 2.75) is 12.5 Å². The summed E-state index contributed by atoms with van der Waals surface area (Å²) in [4.78, 5) is 3.55. The van der Waals surface area contributed by atoms with Gasteiger partial charge in [-0.2, -0.15) is 0 Å². The van der Waals surface area contributed by atoms with Crippen LogP contribution in [0.15, 0.2) is 48.5 Å². The Morgan fingerprint density at radius 2 is 1.76 bits per heavy atom. The standard InChI is InChI=1S/C17H16N2O.ClH/c20-12-7-5-11(6-8-12)16-17-14(9-10-18-16)13-3-1-2-4-15(13)19-17;/h1-8,16,18-20H,9-10H2;1H. The summed E-state index contributed by atoms with van der Waals surface area (Å²) < 4.78 is 0. The van der Waals surface area contributed by atoms with Gasteiger partial charge in [-0.05, 0) is 35.7 Å². The largest absolute Gasteiger partial charge is 0.508 e. The molecule has 2 heterocycles. The van der Waals surface area contributed by atoms with Gasteiger partial charge in [-0.15, -0.1) is 12.4 Å². The number of phenolic OH excluding ortho intramolecular Hbond substituents is 1. The smallest absolute Gasteiger partial charge is 0.115 e. The SMILES string of the molecule is Cl.Oc1ccc(C2NCCc3c2[nH]c2ccccc32)cc1. The Morgan fingerprint density at radius 3 is 2.57 bits per heavy atom. The van der Waals surface area contributed by atoms with Crippen LogP contribution in [0, 0.1) is 0 Å². The Hall–Kier alpha value is -1.97. The van der Waals surface area contributed by atoms with Crippen molar-refractivity contribution in [3.05, 3.63) is 65.4 Å². The second-order valence-electron chi connectivity index (χ2n) is 5.29. The van der Waals surface area contributed by atoms with Crippen molar-refractivity contribution in [1.82, 2.24) is 10.3 Å². The van der Waals surface area contributed by atoms with Crippen LogP contribution in [0.25, 0.3) is 10.9 Å². The molecule has 0 fully saturated rings. The maximum atomic E-state index is 9.44. The van der Waals surface area contributed by atoms with Crippen LogP contribution < -0.4 is 5.32 Å². The van der Waals surface area contributed by atoms with Gasteiger partial charge >= 0.3 is 0 Å². The lowest BCUT2D eigenvalue weighted by atomic mass is 9.94. The Balaban J connectivity index is 0.00000132. The molecule has 4 heteroatoms. The zero-order valence-corrected chi connectivity index (χ0v) is 12.3. The molecule has 21 heavy (non-hydrogen) atoms. The van der Waals surface area contributed by atoms with Gasteiger partial charge in [-0.3, -0.25) is 0 Å². The Morgan fingerprint density at radius 1 is 1.00 bits per heavy atom. The summed E-state index contributed by atoms with van der Waals surface area (Å²) in [6.45, 7) is 0.973. The molecular formula is C17H17ClN2O. The summed E-state index contributed by atoms with van der Waals surface area (Å²) in [6.07, 6.45) is 1.05. The van der Waals surface area contributed by atoms with Crippen LogP contribution in [-0.2, 0) is 6.42 Å². The number of phenols is 1. The first-order chi connectivity index (χ1) is 9.83. The summed E-state index contributed by atoms with van der Waals surface area (Å²) in [6, 6.07) is 16.1. The monoisotopic (exact) mass is 300 g/mol. The highest BCUT2D eigenvalue weighted by Crippen LogP contribution is 2.33. The summed E-state index contributed by atoms with van der Waals surface area (Å²) >= 11 is 0. The van der Waals surface area contributed by atoms with E-state index in [2.05, 4.69) is 34.6 Å². The number of para-hydroxylation sites is 1. The Labute approximate surface area is 129 Å². The van der Waals surface area contributed by atoms with Crippen molar-refractivity contribution in [2.24, 2.45) is 0 Å². The van der Waals surface area contributed by atoms with Crippen molar-refractivity contribution < 1.29 is 5.11 Å². The maximum absolute atomic E-state index is 9.44. The average Bonchev–Trinajstić information content (AvgIpc) is 2.87. The minimum Gasteiger partial charge on any atom is -0.508 e. The highest BCUT2D eigenvalue weighted by molar-refractivity contribution is 5.85. The number of H-pyrrole nitrogens is 1. The number of hydrogen-bond donors (Lipinski definition) is 3. The molecule has 1 aromatic heterocycles. The van der Waals surface area contributed by atoms with Crippen molar-refractivity contribution in [3.63, 3.8) is 0 Å². The third-order valence-electron chi connectivity index (χ3n) is 4.09. The summed E-state index contributed by atoms with van der Waals surface area (Å²) in [5.74, 6) is 0.307. The molecule has 1 atom stereocenters. The van der Waals surface area contributed by atoms with Gasteiger partial charge in [0.05, 0.1) is 6.04 Å². The first-order valence-corrected chi connectivity index (χ1v) is 6.95. The van der Waals surface area contributed by atoms with E-state index in [1.165, 1.54) is 27.7 Å². The van der Waals surface area contributed by atoms with Gasteiger partial charge in [-0.25, -0.2) is 0 Å². The summed E-state index contributed by atoms with van der Waals surface area (Å²) in [5.41, 5.74) is 5.04. The molecule has 4 rings (SSSR count). The zero-order valence-electron chi connectivity index (χ0n) is 11.5. The molecule has 3 nitrogen and oxygen atoms in total. The number of hydrogen-bond acceptors (Lipinski definition) is 2. The van der Waals surface area contributed by atoms with E-state index in [-0.39, 0.29) is 18.4 Å². The third-order valence-corrected chi connectivity index (χ3v) is 4.09. The molecule has 0 aliphatic carbocycles. The zero-order chi connectivity index (χ0) is 13.5. The molecule has 2 aromatic carbocycles. The Bertz CT molecular complexity index is 764. The van der Waals surface area contributed by atoms with Crippen molar-refractivity contribution in [1.29, 1.82) is 0 Å². The van der Waals surface area contributed by atoms with Crippen LogP contribution in [0.3, 0.4) is 0 Å². The number of aromatic hydroxyl groups is 1. The van der Waals surface area contributed by atoms with E-state index >= 15 is 0 Å². The fourth-order valence-corrected chi connectivity index (χ4v) is 3.13. The third kappa shape index (κ3) is 2.28. The van der Waals surface area contributed by atoms with E-state index in [1.54, 1.807) is 12.1 Å². The van der Waals surface area contributed by atoms with Gasteiger partial charge in [0.1, 0.15) is 5.75 Å². The number of aromatic amines is 1. The van der Waals surface area contributed by atoms with Gasteiger partial charge in [0.2, 0.25) is 0 Å². The topological polar surface area (TPSA) is 48.0 Å². The molecule has 0 radical (unpaired) electrons. The predicted octanol–water partition coefficient (Wildman–Crippen LogP) is 3.53. The van der Waals surface area contributed by atoms with Crippen molar-refractivity contribution in [2.75, 3.05) is 6.54 Å². The second-order valence-corrected chi connectivity index (χ2v) is 5.29. The molecule has 3 N–H and O–H groups in total. The fraction of sp³-hybridized carbons (Fsp3) is 0.176. The number of fused-ring (bicyclic) bond motifs is 3. The van der Waals surface area contributed by atoms with Gasteiger partial charge in [0.25, 0.3) is 0 Å². The maximum Gasteiger partial charge on any atom is 0.115 e. The van der Waals surface area contributed by atoms with E-state index in [9.17, 15) is 5.11 Å². The number of rotatable bonds is 1. The molecule has 0 bridgehead atoms. The predicted molar refractivity (Wildman–Crippen MR) is 87.2 cm³/mol. The minimum atomic E-state index is 0. The molecule has 0 amide bonds. The average molecular weight is 301 g/mol. The molecule has 0 saturated carbocycles. The lowest BCUT2D eigenvalue weighted by Gasteiger charge is -2.24. The number of halogens is 1. The highest BCUT2D eigenvalue weighted by Gasteiger charge is 2.24. The summed E-state index contributed by atoms with van der Waals surface area (Å²) in [5, 5.41) is 14.3.